The third-order valence-corrected chi connectivity index (χ3v) is 9.83. The first-order valence-electron chi connectivity index (χ1n) is 14.4. The van der Waals surface area contributed by atoms with E-state index >= 15 is 13.2 Å². The van der Waals surface area contributed by atoms with E-state index in [9.17, 15) is 9.90 Å². The van der Waals surface area contributed by atoms with E-state index in [2.05, 4.69) is 13.8 Å². The molecule has 3 atom stereocenters. The summed E-state index contributed by atoms with van der Waals surface area (Å²) in [5.41, 5.74) is 2.39. The lowest BCUT2D eigenvalue weighted by atomic mass is 9.75. The highest BCUT2D eigenvalue weighted by Crippen LogP contribution is 2.61. The fourth-order valence-electron chi connectivity index (χ4n) is 7.52. The van der Waals surface area contributed by atoms with E-state index < -0.39 is 34.8 Å². The predicted octanol–water partition coefficient (Wildman–Crippen LogP) is 8.33. The highest BCUT2D eigenvalue weighted by atomic mass is 19.1. The predicted molar refractivity (Wildman–Crippen MR) is 150 cm³/mol. The molecular weight excluding hydrogens is 529 g/mol. The van der Waals surface area contributed by atoms with Crippen LogP contribution in [0.25, 0.3) is 11.1 Å². The number of fused-ring (bicyclic) bond motifs is 2. The van der Waals surface area contributed by atoms with Crippen LogP contribution in [0.1, 0.15) is 80.5 Å². The van der Waals surface area contributed by atoms with E-state index in [1.807, 2.05) is 6.07 Å². The van der Waals surface area contributed by atoms with E-state index in [-0.39, 0.29) is 34.8 Å². The summed E-state index contributed by atoms with van der Waals surface area (Å²) in [6.45, 7) is 4.14. The van der Waals surface area contributed by atoms with Gasteiger partial charge < -0.3 is 14.6 Å². The Morgan fingerprint density at radius 1 is 1.00 bits per heavy atom. The van der Waals surface area contributed by atoms with Gasteiger partial charge in [-0.05, 0) is 103 Å². The molecule has 0 aliphatic heterocycles. The Bertz CT molecular complexity index is 1530. The summed E-state index contributed by atoms with van der Waals surface area (Å²) in [6, 6.07) is 10.9. The number of carboxylic acid groups (broad SMARTS) is 1. The molecule has 3 aliphatic rings. The Morgan fingerprint density at radius 3 is 2.49 bits per heavy atom. The molecule has 1 N–H and O–H groups in total. The molecule has 1 spiro atoms. The SMILES string of the molecule is COc1ccc(F)c(-c2cc(F)c(COc3ccc4c(c3F)C3(CCC4)CC3C(=O)O)cc2C2CCCC2(C)C)c1. The number of carboxylic acids is 1. The van der Waals surface area contributed by atoms with Gasteiger partial charge in [0.15, 0.2) is 11.6 Å². The number of hydrogen-bond donors (Lipinski definition) is 1. The summed E-state index contributed by atoms with van der Waals surface area (Å²) < 4.78 is 57.9. The highest BCUT2D eigenvalue weighted by molar-refractivity contribution is 5.78. The van der Waals surface area contributed by atoms with Gasteiger partial charge in [-0.25, -0.2) is 13.2 Å². The van der Waals surface area contributed by atoms with E-state index in [0.29, 0.717) is 36.1 Å². The van der Waals surface area contributed by atoms with Crippen molar-refractivity contribution >= 4 is 5.97 Å². The molecule has 3 aromatic carbocycles. The Labute approximate surface area is 238 Å². The maximum atomic E-state index is 15.9. The Hall–Kier alpha value is -3.48. The first-order chi connectivity index (χ1) is 19.6. The molecule has 216 valence electrons. The van der Waals surface area contributed by atoms with Crippen molar-refractivity contribution in [1.82, 2.24) is 0 Å². The van der Waals surface area contributed by atoms with Crippen LogP contribution in [0.15, 0.2) is 42.5 Å². The molecule has 0 bridgehead atoms. The van der Waals surface area contributed by atoms with Crippen molar-refractivity contribution in [3.63, 3.8) is 0 Å². The molecule has 0 amide bonds. The quantitative estimate of drug-likeness (QED) is 0.314. The molecule has 41 heavy (non-hydrogen) atoms. The lowest BCUT2D eigenvalue weighted by Gasteiger charge is -2.30. The van der Waals surface area contributed by atoms with Gasteiger partial charge in [0.1, 0.15) is 24.0 Å². The first kappa shape index (κ1) is 27.7. The minimum atomic E-state index is -0.902. The van der Waals surface area contributed by atoms with Crippen molar-refractivity contribution in [1.29, 1.82) is 0 Å². The van der Waals surface area contributed by atoms with Crippen LogP contribution < -0.4 is 9.47 Å². The average molecular weight is 565 g/mol. The molecule has 6 rings (SSSR count). The zero-order chi connectivity index (χ0) is 29.1. The molecular formula is C34H35F3O4. The van der Waals surface area contributed by atoms with Crippen molar-refractivity contribution in [2.75, 3.05) is 7.11 Å². The number of hydrogen-bond acceptors (Lipinski definition) is 3. The van der Waals surface area contributed by atoms with Crippen LogP contribution >= 0.6 is 0 Å². The molecule has 3 aliphatic carbocycles. The number of methoxy groups -OCH3 is 1. The van der Waals surface area contributed by atoms with Crippen LogP contribution in [-0.2, 0) is 23.2 Å². The molecule has 2 fully saturated rings. The largest absolute Gasteiger partial charge is 0.497 e. The van der Waals surface area contributed by atoms with Crippen LogP contribution in [0.3, 0.4) is 0 Å². The zero-order valence-corrected chi connectivity index (χ0v) is 23.7. The van der Waals surface area contributed by atoms with Crippen LogP contribution in [0.2, 0.25) is 0 Å². The first-order valence-corrected chi connectivity index (χ1v) is 14.4. The summed E-state index contributed by atoms with van der Waals surface area (Å²) in [5.74, 6) is -2.52. The van der Waals surface area contributed by atoms with Crippen molar-refractivity contribution in [3.05, 3.63) is 82.2 Å². The average Bonchev–Trinajstić information content (AvgIpc) is 3.54. The second-order valence-electron chi connectivity index (χ2n) is 12.6. The Kier molecular flexibility index (Phi) is 6.82. The number of carbonyl (C=O) groups is 1. The lowest BCUT2D eigenvalue weighted by molar-refractivity contribution is -0.139. The van der Waals surface area contributed by atoms with Crippen LogP contribution in [0, 0.1) is 28.8 Å². The molecule has 0 radical (unpaired) electrons. The van der Waals surface area contributed by atoms with Crippen molar-refractivity contribution in [2.24, 2.45) is 11.3 Å². The van der Waals surface area contributed by atoms with Gasteiger partial charge in [0.2, 0.25) is 0 Å². The van der Waals surface area contributed by atoms with Gasteiger partial charge >= 0.3 is 5.97 Å². The van der Waals surface area contributed by atoms with Crippen molar-refractivity contribution < 1.29 is 32.5 Å². The fraction of sp³-hybridized carbons (Fsp3) is 0.441. The van der Waals surface area contributed by atoms with Gasteiger partial charge in [0.05, 0.1) is 13.0 Å². The normalized spacial score (nSPS) is 24.2. The van der Waals surface area contributed by atoms with Crippen LogP contribution in [-0.4, -0.2) is 18.2 Å². The highest BCUT2D eigenvalue weighted by Gasteiger charge is 2.62. The number of ether oxygens (including phenoxy) is 2. The Morgan fingerprint density at radius 2 is 1.80 bits per heavy atom. The summed E-state index contributed by atoms with van der Waals surface area (Å²) in [4.78, 5) is 11.7. The van der Waals surface area contributed by atoms with Gasteiger partial charge in [-0.1, -0.05) is 26.3 Å². The molecule has 0 saturated heterocycles. The summed E-state index contributed by atoms with van der Waals surface area (Å²) in [7, 11) is 1.51. The van der Waals surface area contributed by atoms with E-state index in [1.54, 1.807) is 18.2 Å². The maximum absolute atomic E-state index is 15.9. The third kappa shape index (κ3) is 4.67. The summed E-state index contributed by atoms with van der Waals surface area (Å²) >= 11 is 0. The van der Waals surface area contributed by atoms with Crippen molar-refractivity contribution in [2.45, 2.75) is 76.7 Å². The van der Waals surface area contributed by atoms with E-state index in [0.717, 1.165) is 36.8 Å². The fourth-order valence-corrected chi connectivity index (χ4v) is 7.52. The monoisotopic (exact) mass is 564 g/mol. The molecule has 0 aromatic heterocycles. The van der Waals surface area contributed by atoms with Gasteiger partial charge in [-0.2, -0.15) is 0 Å². The van der Waals surface area contributed by atoms with Crippen LogP contribution in [0.5, 0.6) is 11.5 Å². The smallest absolute Gasteiger partial charge is 0.307 e. The summed E-state index contributed by atoms with van der Waals surface area (Å²) in [5, 5.41) is 9.62. The van der Waals surface area contributed by atoms with Gasteiger partial charge in [0, 0.05) is 22.1 Å². The molecule has 2 saturated carbocycles. The Balaban J connectivity index is 1.37. The summed E-state index contributed by atoms with van der Waals surface area (Å²) in [6.07, 6.45) is 5.48. The third-order valence-electron chi connectivity index (χ3n) is 9.83. The number of aliphatic carboxylic acids is 1. The van der Waals surface area contributed by atoms with Gasteiger partial charge in [0.25, 0.3) is 0 Å². The van der Waals surface area contributed by atoms with Crippen molar-refractivity contribution in [3.8, 4) is 22.6 Å². The van der Waals surface area contributed by atoms with Gasteiger partial charge in [-0.3, -0.25) is 4.79 Å². The lowest BCUT2D eigenvalue weighted by Crippen LogP contribution is -2.23. The minimum Gasteiger partial charge on any atom is -0.497 e. The topological polar surface area (TPSA) is 55.8 Å². The number of benzene rings is 3. The molecule has 0 heterocycles. The maximum Gasteiger partial charge on any atom is 0.307 e. The standard InChI is InChI=1S/C34H35F3O4/c1-33(2)12-5-7-25(33)23-14-20(28(36)16-22(23)24-15-21(40-3)9-10-27(24)35)18-41-29-11-8-19-6-4-13-34(30(19)31(29)37)17-26(34)32(38)39/h8-11,14-16,25-26H,4-7,12-13,17-18H2,1-3H3,(H,38,39). The molecule has 3 unspecified atom stereocenters. The van der Waals surface area contributed by atoms with E-state index in [1.165, 1.54) is 25.3 Å². The second kappa shape index (κ2) is 10.1. The number of aryl methyl sites for hydroxylation is 1. The minimum absolute atomic E-state index is 0.00822. The van der Waals surface area contributed by atoms with Gasteiger partial charge in [-0.15, -0.1) is 0 Å². The second-order valence-corrected chi connectivity index (χ2v) is 12.6. The number of rotatable bonds is 7. The molecule has 4 nitrogen and oxygen atoms in total. The number of halogens is 3. The zero-order valence-electron chi connectivity index (χ0n) is 23.7. The molecule has 3 aromatic rings. The van der Waals surface area contributed by atoms with Crippen LogP contribution in [0.4, 0.5) is 13.2 Å². The molecule has 7 heteroatoms. The van der Waals surface area contributed by atoms with E-state index in [4.69, 9.17) is 9.47 Å².